The SMILES string of the molecule is S=c1[nH]c2cnc3ccccc3c2n1C1CCSC1. The van der Waals surface area contributed by atoms with Gasteiger partial charge < -0.3 is 9.55 Å². The lowest BCUT2D eigenvalue weighted by Crippen LogP contribution is -2.07. The van der Waals surface area contributed by atoms with E-state index >= 15 is 0 Å². The molecule has 0 saturated carbocycles. The van der Waals surface area contributed by atoms with Crippen LogP contribution in [0.4, 0.5) is 0 Å². The number of H-pyrrole nitrogens is 1. The number of hydrogen-bond donors (Lipinski definition) is 1. The van der Waals surface area contributed by atoms with Crippen molar-refractivity contribution in [3.63, 3.8) is 0 Å². The van der Waals surface area contributed by atoms with Crippen LogP contribution in [0.3, 0.4) is 0 Å². The Hall–Kier alpha value is -1.33. The standard InChI is InChI=1S/C14H13N3S2/c18-14-16-12-7-15-11-4-2-1-3-10(11)13(12)17(14)9-5-6-19-8-9/h1-4,7,9H,5-6,8H2,(H,16,18). The molecular formula is C14H13N3S2. The summed E-state index contributed by atoms with van der Waals surface area (Å²) in [5, 5.41) is 1.18. The van der Waals surface area contributed by atoms with E-state index in [0.717, 1.165) is 21.6 Å². The third kappa shape index (κ3) is 1.72. The monoisotopic (exact) mass is 287 g/mol. The van der Waals surface area contributed by atoms with Crippen LogP contribution in [-0.4, -0.2) is 26.0 Å². The van der Waals surface area contributed by atoms with Crippen molar-refractivity contribution < 1.29 is 0 Å². The number of benzene rings is 1. The van der Waals surface area contributed by atoms with Crippen molar-refractivity contribution in [2.75, 3.05) is 11.5 Å². The highest BCUT2D eigenvalue weighted by Crippen LogP contribution is 2.33. The molecule has 3 heterocycles. The second-order valence-electron chi connectivity index (χ2n) is 4.86. The number of aromatic amines is 1. The summed E-state index contributed by atoms with van der Waals surface area (Å²) in [7, 11) is 0. The predicted octanol–water partition coefficient (Wildman–Crippen LogP) is 3.93. The van der Waals surface area contributed by atoms with Gasteiger partial charge in [-0.2, -0.15) is 11.8 Å². The van der Waals surface area contributed by atoms with Crippen LogP contribution < -0.4 is 0 Å². The van der Waals surface area contributed by atoms with Crippen LogP contribution in [0.15, 0.2) is 30.5 Å². The average Bonchev–Trinajstić information content (AvgIpc) is 3.04. The van der Waals surface area contributed by atoms with E-state index in [1.807, 2.05) is 24.0 Å². The molecule has 1 aliphatic heterocycles. The van der Waals surface area contributed by atoms with Crippen LogP contribution in [0.25, 0.3) is 21.9 Å². The Morgan fingerprint density at radius 2 is 2.26 bits per heavy atom. The molecule has 19 heavy (non-hydrogen) atoms. The molecule has 2 aromatic heterocycles. The van der Waals surface area contributed by atoms with Crippen molar-refractivity contribution in [3.8, 4) is 0 Å². The fourth-order valence-electron chi connectivity index (χ4n) is 2.83. The van der Waals surface area contributed by atoms with Crippen LogP contribution >= 0.6 is 24.0 Å². The van der Waals surface area contributed by atoms with Crippen LogP contribution in [-0.2, 0) is 0 Å². The normalized spacial score (nSPS) is 19.5. The molecule has 0 aliphatic carbocycles. The highest BCUT2D eigenvalue weighted by Gasteiger charge is 2.21. The van der Waals surface area contributed by atoms with Gasteiger partial charge in [0.2, 0.25) is 0 Å². The first-order chi connectivity index (χ1) is 9.34. The van der Waals surface area contributed by atoms with Gasteiger partial charge >= 0.3 is 0 Å². The summed E-state index contributed by atoms with van der Waals surface area (Å²) < 4.78 is 3.12. The summed E-state index contributed by atoms with van der Waals surface area (Å²) in [5.41, 5.74) is 3.28. The molecule has 0 bridgehead atoms. The molecule has 1 unspecified atom stereocenters. The Morgan fingerprint density at radius 3 is 3.11 bits per heavy atom. The minimum atomic E-state index is 0.511. The third-order valence-corrected chi connectivity index (χ3v) is 5.16. The zero-order chi connectivity index (χ0) is 12.8. The number of aromatic nitrogens is 3. The van der Waals surface area contributed by atoms with Crippen LogP contribution in [0, 0.1) is 4.77 Å². The molecule has 0 amide bonds. The number of para-hydroxylation sites is 1. The van der Waals surface area contributed by atoms with Gasteiger partial charge in [0.25, 0.3) is 0 Å². The number of fused-ring (bicyclic) bond motifs is 3. The Bertz CT molecular complexity index is 812. The van der Waals surface area contributed by atoms with E-state index in [2.05, 4.69) is 32.7 Å². The average molecular weight is 287 g/mol. The maximum absolute atomic E-state index is 5.52. The van der Waals surface area contributed by atoms with Gasteiger partial charge in [0.05, 0.1) is 22.7 Å². The molecule has 1 atom stereocenters. The largest absolute Gasteiger partial charge is 0.329 e. The maximum atomic E-state index is 5.52. The summed E-state index contributed by atoms with van der Waals surface area (Å²) >= 11 is 7.53. The molecule has 1 N–H and O–H groups in total. The number of hydrogen-bond acceptors (Lipinski definition) is 3. The van der Waals surface area contributed by atoms with Gasteiger partial charge in [-0.05, 0) is 30.5 Å². The van der Waals surface area contributed by atoms with Crippen LogP contribution in [0.5, 0.6) is 0 Å². The van der Waals surface area contributed by atoms with Crippen LogP contribution in [0.1, 0.15) is 12.5 Å². The molecular weight excluding hydrogens is 274 g/mol. The summed E-state index contributed by atoms with van der Waals surface area (Å²) in [4.78, 5) is 7.80. The second-order valence-corrected chi connectivity index (χ2v) is 6.39. The number of rotatable bonds is 1. The van der Waals surface area contributed by atoms with Crippen molar-refractivity contribution in [1.29, 1.82) is 0 Å². The quantitative estimate of drug-likeness (QED) is 0.689. The van der Waals surface area contributed by atoms with E-state index in [1.54, 1.807) is 0 Å². The van der Waals surface area contributed by atoms with Gasteiger partial charge in [-0.3, -0.25) is 4.98 Å². The fourth-order valence-corrected chi connectivity index (χ4v) is 4.37. The molecule has 5 heteroatoms. The molecule has 0 spiro atoms. The van der Waals surface area contributed by atoms with E-state index < -0.39 is 0 Å². The molecule has 1 aliphatic rings. The maximum Gasteiger partial charge on any atom is 0.178 e. The van der Waals surface area contributed by atoms with Gasteiger partial charge in [-0.1, -0.05) is 18.2 Å². The number of thioether (sulfide) groups is 1. The number of pyridine rings is 1. The van der Waals surface area contributed by atoms with E-state index in [4.69, 9.17) is 12.2 Å². The van der Waals surface area contributed by atoms with Gasteiger partial charge in [0.15, 0.2) is 4.77 Å². The molecule has 1 aromatic carbocycles. The lowest BCUT2D eigenvalue weighted by Gasteiger charge is -2.12. The van der Waals surface area contributed by atoms with Crippen molar-refractivity contribution in [3.05, 3.63) is 35.2 Å². The highest BCUT2D eigenvalue weighted by atomic mass is 32.2. The Labute approximate surface area is 120 Å². The van der Waals surface area contributed by atoms with Crippen LogP contribution in [0.2, 0.25) is 0 Å². The minimum Gasteiger partial charge on any atom is -0.329 e. The number of nitrogens with one attached hydrogen (secondary N) is 1. The topological polar surface area (TPSA) is 33.6 Å². The molecule has 1 saturated heterocycles. The molecule has 4 rings (SSSR count). The summed E-state index contributed by atoms with van der Waals surface area (Å²) in [5.74, 6) is 2.38. The molecule has 96 valence electrons. The summed E-state index contributed by atoms with van der Waals surface area (Å²) in [6.45, 7) is 0. The second kappa shape index (κ2) is 4.35. The summed E-state index contributed by atoms with van der Waals surface area (Å²) in [6, 6.07) is 8.78. The highest BCUT2D eigenvalue weighted by molar-refractivity contribution is 7.99. The minimum absolute atomic E-state index is 0.511. The zero-order valence-electron chi connectivity index (χ0n) is 10.3. The first kappa shape index (κ1) is 11.5. The third-order valence-electron chi connectivity index (χ3n) is 3.72. The Kier molecular flexibility index (Phi) is 2.63. The Morgan fingerprint density at radius 1 is 1.37 bits per heavy atom. The van der Waals surface area contributed by atoms with E-state index in [9.17, 15) is 0 Å². The first-order valence-electron chi connectivity index (χ1n) is 6.40. The molecule has 1 fully saturated rings. The van der Waals surface area contributed by atoms with Crippen molar-refractivity contribution in [2.45, 2.75) is 12.5 Å². The fraction of sp³-hybridized carbons (Fsp3) is 0.286. The summed E-state index contributed by atoms with van der Waals surface area (Å²) in [6.07, 6.45) is 3.09. The molecule has 3 aromatic rings. The van der Waals surface area contributed by atoms with E-state index in [1.165, 1.54) is 23.1 Å². The van der Waals surface area contributed by atoms with Gasteiger partial charge in [0.1, 0.15) is 0 Å². The predicted molar refractivity (Wildman–Crippen MR) is 83.4 cm³/mol. The smallest absolute Gasteiger partial charge is 0.178 e. The van der Waals surface area contributed by atoms with Gasteiger partial charge in [-0.25, -0.2) is 0 Å². The zero-order valence-corrected chi connectivity index (χ0v) is 11.9. The lowest BCUT2D eigenvalue weighted by molar-refractivity contribution is 0.570. The number of nitrogens with zero attached hydrogens (tertiary/aromatic N) is 2. The lowest BCUT2D eigenvalue weighted by atomic mass is 10.1. The molecule has 3 nitrogen and oxygen atoms in total. The van der Waals surface area contributed by atoms with Crippen molar-refractivity contribution >= 4 is 45.9 Å². The molecule has 0 radical (unpaired) electrons. The first-order valence-corrected chi connectivity index (χ1v) is 7.96. The van der Waals surface area contributed by atoms with E-state index in [-0.39, 0.29) is 0 Å². The van der Waals surface area contributed by atoms with Gasteiger partial charge in [0, 0.05) is 17.2 Å². The van der Waals surface area contributed by atoms with Crippen molar-refractivity contribution in [1.82, 2.24) is 14.5 Å². The van der Waals surface area contributed by atoms with Crippen molar-refractivity contribution in [2.24, 2.45) is 0 Å². The van der Waals surface area contributed by atoms with E-state index in [0.29, 0.717) is 6.04 Å². The Balaban J connectivity index is 2.13. The number of imidazole rings is 1. The van der Waals surface area contributed by atoms with Gasteiger partial charge in [-0.15, -0.1) is 0 Å².